The molecule has 0 bridgehead atoms. The SMILES string of the molecule is C=C(C=O)CCOC(C)OCC. The molecule has 0 spiro atoms. The number of hydrogen-bond donors (Lipinski definition) is 0. The summed E-state index contributed by atoms with van der Waals surface area (Å²) in [6.45, 7) is 8.38. The van der Waals surface area contributed by atoms with Gasteiger partial charge in [0.15, 0.2) is 6.29 Å². The first-order chi connectivity index (χ1) is 5.70. The lowest BCUT2D eigenvalue weighted by Gasteiger charge is -2.11. The fourth-order valence-electron chi connectivity index (χ4n) is 0.698. The van der Waals surface area contributed by atoms with Crippen LogP contribution in [0.2, 0.25) is 0 Å². The second-order valence-electron chi connectivity index (χ2n) is 2.42. The summed E-state index contributed by atoms with van der Waals surface area (Å²) in [5, 5.41) is 0. The van der Waals surface area contributed by atoms with Crippen LogP contribution in [0.5, 0.6) is 0 Å². The first kappa shape index (κ1) is 11.3. The molecule has 12 heavy (non-hydrogen) atoms. The van der Waals surface area contributed by atoms with Crippen LogP contribution in [0.25, 0.3) is 0 Å². The summed E-state index contributed by atoms with van der Waals surface area (Å²) in [5.41, 5.74) is 0.554. The predicted molar refractivity (Wildman–Crippen MR) is 46.9 cm³/mol. The lowest BCUT2D eigenvalue weighted by Crippen LogP contribution is -2.13. The summed E-state index contributed by atoms with van der Waals surface area (Å²) in [6.07, 6.45) is 1.12. The van der Waals surface area contributed by atoms with Crippen LogP contribution >= 0.6 is 0 Å². The van der Waals surface area contributed by atoms with Crippen LogP contribution in [-0.4, -0.2) is 25.8 Å². The average molecular weight is 172 g/mol. The van der Waals surface area contributed by atoms with Gasteiger partial charge in [0.1, 0.15) is 6.29 Å². The number of aldehydes is 1. The van der Waals surface area contributed by atoms with Crippen molar-refractivity contribution in [3.05, 3.63) is 12.2 Å². The molecule has 0 fully saturated rings. The lowest BCUT2D eigenvalue weighted by atomic mass is 10.2. The van der Waals surface area contributed by atoms with Crippen LogP contribution in [0, 0.1) is 0 Å². The molecule has 0 aliphatic carbocycles. The molecular formula is C9H16O3. The Hall–Kier alpha value is -0.670. The third-order valence-electron chi connectivity index (χ3n) is 1.34. The number of carbonyl (C=O) groups is 1. The minimum absolute atomic E-state index is 0.200. The van der Waals surface area contributed by atoms with Crippen LogP contribution in [0.15, 0.2) is 12.2 Å². The van der Waals surface area contributed by atoms with Gasteiger partial charge in [-0.1, -0.05) is 6.58 Å². The molecule has 70 valence electrons. The highest BCUT2D eigenvalue weighted by Gasteiger charge is 1.99. The molecule has 3 heteroatoms. The van der Waals surface area contributed by atoms with E-state index in [1.165, 1.54) is 0 Å². The van der Waals surface area contributed by atoms with E-state index in [0.29, 0.717) is 25.2 Å². The van der Waals surface area contributed by atoms with Crippen molar-refractivity contribution in [1.29, 1.82) is 0 Å². The van der Waals surface area contributed by atoms with Gasteiger partial charge >= 0.3 is 0 Å². The fourth-order valence-corrected chi connectivity index (χ4v) is 0.698. The number of hydrogen-bond acceptors (Lipinski definition) is 3. The quantitative estimate of drug-likeness (QED) is 0.332. The zero-order valence-electron chi connectivity index (χ0n) is 7.71. The van der Waals surface area contributed by atoms with Crippen molar-refractivity contribution < 1.29 is 14.3 Å². The summed E-state index contributed by atoms with van der Waals surface area (Å²) < 4.78 is 10.3. The van der Waals surface area contributed by atoms with E-state index in [0.717, 1.165) is 6.29 Å². The van der Waals surface area contributed by atoms with E-state index in [1.54, 1.807) is 0 Å². The molecule has 0 saturated heterocycles. The molecule has 0 rings (SSSR count). The minimum Gasteiger partial charge on any atom is -0.353 e. The molecule has 0 aromatic rings. The van der Waals surface area contributed by atoms with E-state index in [1.807, 2.05) is 13.8 Å². The van der Waals surface area contributed by atoms with Gasteiger partial charge < -0.3 is 9.47 Å². The van der Waals surface area contributed by atoms with Gasteiger partial charge in [-0.05, 0) is 25.8 Å². The highest BCUT2D eigenvalue weighted by Crippen LogP contribution is 1.98. The van der Waals surface area contributed by atoms with Gasteiger partial charge in [-0.3, -0.25) is 4.79 Å². The van der Waals surface area contributed by atoms with Gasteiger partial charge in [-0.25, -0.2) is 0 Å². The Labute approximate surface area is 73.4 Å². The van der Waals surface area contributed by atoms with Crippen molar-refractivity contribution in [2.45, 2.75) is 26.6 Å². The lowest BCUT2D eigenvalue weighted by molar-refractivity contribution is -0.126. The first-order valence-corrected chi connectivity index (χ1v) is 4.06. The van der Waals surface area contributed by atoms with Gasteiger partial charge in [0, 0.05) is 6.61 Å². The summed E-state index contributed by atoms with van der Waals surface area (Å²) in [6, 6.07) is 0. The van der Waals surface area contributed by atoms with Crippen molar-refractivity contribution >= 4 is 6.29 Å². The Balaban J connectivity index is 3.30. The van der Waals surface area contributed by atoms with Gasteiger partial charge in [-0.2, -0.15) is 0 Å². The van der Waals surface area contributed by atoms with Crippen LogP contribution in [0.4, 0.5) is 0 Å². The van der Waals surface area contributed by atoms with Gasteiger partial charge in [0.2, 0.25) is 0 Å². The number of rotatable bonds is 7. The highest BCUT2D eigenvalue weighted by atomic mass is 16.7. The Bertz CT molecular complexity index is 143. The monoisotopic (exact) mass is 172 g/mol. The Morgan fingerprint density at radius 2 is 2.25 bits per heavy atom. The van der Waals surface area contributed by atoms with E-state index >= 15 is 0 Å². The molecule has 0 N–H and O–H groups in total. The van der Waals surface area contributed by atoms with Crippen molar-refractivity contribution in [2.24, 2.45) is 0 Å². The molecule has 0 aliphatic heterocycles. The molecule has 0 aromatic carbocycles. The molecule has 0 aliphatic rings. The number of carbonyl (C=O) groups excluding carboxylic acids is 1. The topological polar surface area (TPSA) is 35.5 Å². The summed E-state index contributed by atoms with van der Waals surface area (Å²) in [7, 11) is 0. The van der Waals surface area contributed by atoms with Crippen LogP contribution in [0.3, 0.4) is 0 Å². The zero-order chi connectivity index (χ0) is 9.40. The van der Waals surface area contributed by atoms with E-state index in [4.69, 9.17) is 9.47 Å². The minimum atomic E-state index is -0.200. The molecule has 0 heterocycles. The van der Waals surface area contributed by atoms with Crippen molar-refractivity contribution in [3.63, 3.8) is 0 Å². The molecule has 1 atom stereocenters. The van der Waals surface area contributed by atoms with E-state index < -0.39 is 0 Å². The standard InChI is InChI=1S/C9H16O3/c1-4-11-9(3)12-6-5-8(2)7-10/h7,9H,2,4-6H2,1,3H3. The summed E-state index contributed by atoms with van der Waals surface area (Å²) in [4.78, 5) is 10.1. The van der Waals surface area contributed by atoms with Crippen molar-refractivity contribution in [2.75, 3.05) is 13.2 Å². The highest BCUT2D eigenvalue weighted by molar-refractivity contribution is 5.71. The largest absolute Gasteiger partial charge is 0.353 e. The predicted octanol–water partition coefficient (Wildman–Crippen LogP) is 1.53. The molecular weight excluding hydrogens is 156 g/mol. The maximum Gasteiger partial charge on any atom is 0.154 e. The van der Waals surface area contributed by atoms with E-state index in [9.17, 15) is 4.79 Å². The smallest absolute Gasteiger partial charge is 0.154 e. The summed E-state index contributed by atoms with van der Waals surface area (Å²) >= 11 is 0. The normalized spacial score (nSPS) is 12.5. The van der Waals surface area contributed by atoms with Gasteiger partial charge in [0.05, 0.1) is 6.61 Å². The van der Waals surface area contributed by atoms with Crippen molar-refractivity contribution in [1.82, 2.24) is 0 Å². The van der Waals surface area contributed by atoms with Gasteiger partial charge in [0.25, 0.3) is 0 Å². The Kier molecular flexibility index (Phi) is 6.61. The van der Waals surface area contributed by atoms with E-state index in [2.05, 4.69) is 6.58 Å². The van der Waals surface area contributed by atoms with Crippen LogP contribution < -0.4 is 0 Å². The Morgan fingerprint density at radius 1 is 1.58 bits per heavy atom. The second-order valence-corrected chi connectivity index (χ2v) is 2.42. The van der Waals surface area contributed by atoms with Gasteiger partial charge in [-0.15, -0.1) is 0 Å². The van der Waals surface area contributed by atoms with Crippen LogP contribution in [-0.2, 0) is 14.3 Å². The summed E-state index contributed by atoms with van der Waals surface area (Å²) in [5.74, 6) is 0. The maximum absolute atomic E-state index is 10.1. The molecule has 0 saturated carbocycles. The fraction of sp³-hybridized carbons (Fsp3) is 0.667. The maximum atomic E-state index is 10.1. The molecule has 3 nitrogen and oxygen atoms in total. The van der Waals surface area contributed by atoms with Crippen molar-refractivity contribution in [3.8, 4) is 0 Å². The molecule has 1 unspecified atom stereocenters. The molecule has 0 aromatic heterocycles. The second kappa shape index (κ2) is 7.00. The first-order valence-electron chi connectivity index (χ1n) is 4.06. The molecule has 0 radical (unpaired) electrons. The zero-order valence-corrected chi connectivity index (χ0v) is 7.71. The third kappa shape index (κ3) is 6.07. The molecule has 0 amide bonds. The third-order valence-corrected chi connectivity index (χ3v) is 1.34. The average Bonchev–Trinajstić information content (AvgIpc) is 2.04. The van der Waals surface area contributed by atoms with E-state index in [-0.39, 0.29) is 6.29 Å². The van der Waals surface area contributed by atoms with Crippen LogP contribution in [0.1, 0.15) is 20.3 Å². The Morgan fingerprint density at radius 3 is 2.75 bits per heavy atom. The number of ether oxygens (including phenoxy) is 2.